The van der Waals surface area contributed by atoms with Crippen molar-refractivity contribution in [1.82, 2.24) is 14.5 Å². The van der Waals surface area contributed by atoms with Gasteiger partial charge in [-0.2, -0.15) is 4.31 Å². The Morgan fingerprint density at radius 2 is 1.90 bits per heavy atom. The molecular weight excluding hydrogens is 454 g/mol. The van der Waals surface area contributed by atoms with Crippen LogP contribution in [0.4, 0.5) is 10.8 Å². The summed E-state index contributed by atoms with van der Waals surface area (Å²) in [6.07, 6.45) is 6.13. The Labute approximate surface area is 192 Å². The molecule has 1 aromatic heterocycles. The zero-order valence-corrected chi connectivity index (χ0v) is 20.3. The zero-order chi connectivity index (χ0) is 22.3. The van der Waals surface area contributed by atoms with Crippen LogP contribution in [0.2, 0.25) is 0 Å². The molecule has 2 aromatic rings. The van der Waals surface area contributed by atoms with Gasteiger partial charge in [-0.05, 0) is 43.5 Å². The number of carbonyl (C=O) groups excluding carboxylic acids is 1. The third kappa shape index (κ3) is 6.64. The number of rotatable bonds is 10. The van der Waals surface area contributed by atoms with Crippen LogP contribution in [0.1, 0.15) is 45.4 Å². The second-order valence-corrected chi connectivity index (χ2v) is 11.7. The Kier molecular flexibility index (Phi) is 8.70. The van der Waals surface area contributed by atoms with Crippen molar-refractivity contribution in [3.05, 3.63) is 24.3 Å². The molecule has 170 valence electrons. The van der Waals surface area contributed by atoms with E-state index in [0.717, 1.165) is 48.1 Å². The molecule has 0 unspecified atom stereocenters. The molecule has 1 aromatic carbocycles. The molecule has 0 bridgehead atoms. The van der Waals surface area contributed by atoms with E-state index in [2.05, 4.69) is 27.8 Å². The van der Waals surface area contributed by atoms with Gasteiger partial charge in [-0.1, -0.05) is 49.3 Å². The highest BCUT2D eigenvalue weighted by molar-refractivity contribution is 8.01. The molecule has 3 rings (SSSR count). The average molecular weight is 484 g/mol. The number of hydrogen-bond acceptors (Lipinski definition) is 8. The topological polar surface area (TPSA) is 104 Å². The average Bonchev–Trinajstić information content (AvgIpc) is 3.24. The fourth-order valence-corrected chi connectivity index (χ4v) is 6.41. The Bertz CT molecular complexity index is 957. The highest BCUT2D eigenvalue weighted by Crippen LogP contribution is 2.28. The summed E-state index contributed by atoms with van der Waals surface area (Å²) in [7, 11) is -1.88. The van der Waals surface area contributed by atoms with Crippen molar-refractivity contribution in [2.75, 3.05) is 30.0 Å². The molecular formula is C20H29N5O3S3. The van der Waals surface area contributed by atoms with Gasteiger partial charge in [0.15, 0.2) is 4.34 Å². The van der Waals surface area contributed by atoms with Gasteiger partial charge in [-0.3, -0.25) is 4.79 Å². The summed E-state index contributed by atoms with van der Waals surface area (Å²) in [5.74, 6) is 0.0190. The normalized spacial score (nSPS) is 15.2. The molecule has 1 aliphatic rings. The molecule has 8 nitrogen and oxygen atoms in total. The number of anilines is 2. The SMILES string of the molecule is CCCNc1nnc(SCC(=O)Nc2ccc(S(=O)(=O)N(C)C3CCCCC3)cc2)s1. The van der Waals surface area contributed by atoms with Crippen molar-refractivity contribution in [2.45, 2.75) is 60.7 Å². The lowest BCUT2D eigenvalue weighted by Crippen LogP contribution is -2.38. The van der Waals surface area contributed by atoms with Crippen LogP contribution >= 0.6 is 23.1 Å². The summed E-state index contributed by atoms with van der Waals surface area (Å²) in [5.41, 5.74) is 0.562. The highest BCUT2D eigenvalue weighted by Gasteiger charge is 2.28. The number of amides is 1. The van der Waals surface area contributed by atoms with Gasteiger partial charge in [0.2, 0.25) is 21.1 Å². The first-order valence-corrected chi connectivity index (χ1v) is 13.7. The molecule has 31 heavy (non-hydrogen) atoms. The van der Waals surface area contributed by atoms with Crippen LogP contribution < -0.4 is 10.6 Å². The fourth-order valence-electron chi connectivity index (χ4n) is 3.41. The fraction of sp³-hybridized carbons (Fsp3) is 0.550. The maximum absolute atomic E-state index is 12.9. The second kappa shape index (κ2) is 11.3. The third-order valence-electron chi connectivity index (χ3n) is 5.16. The van der Waals surface area contributed by atoms with Crippen molar-refractivity contribution in [1.29, 1.82) is 0 Å². The van der Waals surface area contributed by atoms with Crippen LogP contribution in [-0.2, 0) is 14.8 Å². The lowest BCUT2D eigenvalue weighted by atomic mass is 9.96. The first-order chi connectivity index (χ1) is 14.9. The number of carbonyl (C=O) groups is 1. The Balaban J connectivity index is 1.52. The quantitative estimate of drug-likeness (QED) is 0.491. The Morgan fingerprint density at radius 1 is 1.19 bits per heavy atom. The van der Waals surface area contributed by atoms with Crippen LogP contribution in [0.25, 0.3) is 0 Å². The van der Waals surface area contributed by atoms with Gasteiger partial charge in [0.25, 0.3) is 0 Å². The van der Waals surface area contributed by atoms with Crippen LogP contribution in [0.3, 0.4) is 0 Å². The number of hydrogen-bond donors (Lipinski definition) is 2. The molecule has 0 radical (unpaired) electrons. The first-order valence-electron chi connectivity index (χ1n) is 10.5. The maximum Gasteiger partial charge on any atom is 0.243 e. The summed E-state index contributed by atoms with van der Waals surface area (Å²) in [6, 6.07) is 6.42. The van der Waals surface area contributed by atoms with Crippen molar-refractivity contribution >= 4 is 49.8 Å². The van der Waals surface area contributed by atoms with E-state index in [1.807, 2.05) is 0 Å². The Hall–Kier alpha value is -1.69. The van der Waals surface area contributed by atoms with Crippen LogP contribution in [0.5, 0.6) is 0 Å². The molecule has 0 aliphatic heterocycles. The zero-order valence-electron chi connectivity index (χ0n) is 17.8. The number of aromatic nitrogens is 2. The summed E-state index contributed by atoms with van der Waals surface area (Å²) < 4.78 is 28.0. The van der Waals surface area contributed by atoms with Gasteiger partial charge in [0, 0.05) is 25.3 Å². The standard InChI is InChI=1S/C20H29N5O3S3/c1-3-13-21-19-23-24-20(30-19)29-14-18(26)22-15-9-11-17(12-10-15)31(27,28)25(2)16-7-5-4-6-8-16/h9-12,16H,3-8,13-14H2,1-2H3,(H,21,23)(H,22,26). The van der Waals surface area contributed by atoms with E-state index in [4.69, 9.17) is 0 Å². The van der Waals surface area contributed by atoms with Crippen molar-refractivity contribution in [3.63, 3.8) is 0 Å². The predicted molar refractivity (Wildman–Crippen MR) is 126 cm³/mol. The molecule has 0 saturated heterocycles. The van der Waals surface area contributed by atoms with Crippen molar-refractivity contribution < 1.29 is 13.2 Å². The van der Waals surface area contributed by atoms with Crippen LogP contribution in [0, 0.1) is 0 Å². The molecule has 11 heteroatoms. The first kappa shape index (κ1) is 24.0. The summed E-state index contributed by atoms with van der Waals surface area (Å²) in [6.45, 7) is 2.91. The maximum atomic E-state index is 12.9. The van der Waals surface area contributed by atoms with Gasteiger partial charge in [0.05, 0.1) is 10.6 Å². The number of nitrogens with zero attached hydrogens (tertiary/aromatic N) is 3. The monoisotopic (exact) mass is 483 g/mol. The van der Waals surface area contributed by atoms with E-state index < -0.39 is 10.0 Å². The second-order valence-electron chi connectivity index (χ2n) is 7.47. The number of nitrogens with one attached hydrogen (secondary N) is 2. The van der Waals surface area contributed by atoms with E-state index in [1.54, 1.807) is 31.3 Å². The minimum absolute atomic E-state index is 0.0631. The van der Waals surface area contributed by atoms with Gasteiger partial charge in [-0.25, -0.2) is 8.42 Å². The van der Waals surface area contributed by atoms with E-state index in [0.29, 0.717) is 5.69 Å². The minimum Gasteiger partial charge on any atom is -0.360 e. The molecule has 0 spiro atoms. The predicted octanol–water partition coefficient (Wildman–Crippen LogP) is 4.04. The van der Waals surface area contributed by atoms with Gasteiger partial charge in [0.1, 0.15) is 0 Å². The van der Waals surface area contributed by atoms with Gasteiger partial charge in [-0.15, -0.1) is 10.2 Å². The van der Waals surface area contributed by atoms with Gasteiger partial charge >= 0.3 is 0 Å². The van der Waals surface area contributed by atoms with Crippen LogP contribution in [0.15, 0.2) is 33.5 Å². The summed E-state index contributed by atoms with van der Waals surface area (Å²) in [5, 5.41) is 14.8. The summed E-state index contributed by atoms with van der Waals surface area (Å²) >= 11 is 2.74. The largest absolute Gasteiger partial charge is 0.360 e. The smallest absolute Gasteiger partial charge is 0.243 e. The third-order valence-corrected chi connectivity index (χ3v) is 9.10. The molecule has 1 amide bonds. The molecule has 1 saturated carbocycles. The van der Waals surface area contributed by atoms with E-state index >= 15 is 0 Å². The van der Waals surface area contributed by atoms with Crippen molar-refractivity contribution in [3.8, 4) is 0 Å². The minimum atomic E-state index is -3.54. The number of sulfonamides is 1. The Morgan fingerprint density at radius 3 is 2.58 bits per heavy atom. The summed E-state index contributed by atoms with van der Waals surface area (Å²) in [4.78, 5) is 12.5. The van der Waals surface area contributed by atoms with Crippen LogP contribution in [-0.4, -0.2) is 54.2 Å². The van der Waals surface area contributed by atoms with Gasteiger partial charge < -0.3 is 10.6 Å². The molecule has 1 aliphatic carbocycles. The van der Waals surface area contributed by atoms with E-state index in [1.165, 1.54) is 33.8 Å². The van der Waals surface area contributed by atoms with E-state index in [9.17, 15) is 13.2 Å². The molecule has 2 N–H and O–H groups in total. The molecule has 1 heterocycles. The number of thioether (sulfide) groups is 1. The number of benzene rings is 1. The van der Waals surface area contributed by atoms with E-state index in [-0.39, 0.29) is 22.6 Å². The lowest BCUT2D eigenvalue weighted by Gasteiger charge is -2.30. The molecule has 1 fully saturated rings. The van der Waals surface area contributed by atoms with Crippen molar-refractivity contribution in [2.24, 2.45) is 0 Å². The lowest BCUT2D eigenvalue weighted by molar-refractivity contribution is -0.113. The molecule has 0 atom stereocenters. The highest BCUT2D eigenvalue weighted by atomic mass is 32.2.